The van der Waals surface area contributed by atoms with Crippen LogP contribution in [0.25, 0.3) is 0 Å². The van der Waals surface area contributed by atoms with Crippen molar-refractivity contribution in [3.63, 3.8) is 0 Å². The highest BCUT2D eigenvalue weighted by molar-refractivity contribution is 14.1. The first-order valence-corrected chi connectivity index (χ1v) is 9.01. The summed E-state index contributed by atoms with van der Waals surface area (Å²) in [6, 6.07) is 12.0. The summed E-state index contributed by atoms with van der Waals surface area (Å²) in [5.74, 6) is 0.335. The van der Waals surface area contributed by atoms with E-state index in [-0.39, 0.29) is 11.9 Å². The first-order valence-electron chi connectivity index (χ1n) is 7.93. The molecule has 2 aromatic rings. The molecule has 1 aliphatic heterocycles. The highest BCUT2D eigenvalue weighted by atomic mass is 127. The quantitative estimate of drug-likeness (QED) is 0.734. The number of hydrogen-bond acceptors (Lipinski definition) is 2. The Balaban J connectivity index is 1.94. The van der Waals surface area contributed by atoms with Crippen LogP contribution in [0.5, 0.6) is 5.75 Å². The van der Waals surface area contributed by atoms with Crippen LogP contribution < -0.4 is 0 Å². The number of fused-ring (bicyclic) bond motifs is 1. The Kier molecular flexibility index (Phi) is 4.62. The lowest BCUT2D eigenvalue weighted by Gasteiger charge is -2.35. The summed E-state index contributed by atoms with van der Waals surface area (Å²) in [6.45, 7) is 4.80. The maximum Gasteiger partial charge on any atom is 0.254 e. The molecule has 1 amide bonds. The third-order valence-corrected chi connectivity index (χ3v) is 5.45. The largest absolute Gasteiger partial charge is 0.507 e. The Morgan fingerprint density at radius 1 is 1.35 bits per heavy atom. The number of aromatic hydroxyl groups is 1. The van der Waals surface area contributed by atoms with Crippen LogP contribution >= 0.6 is 22.6 Å². The van der Waals surface area contributed by atoms with Crippen LogP contribution in [0.2, 0.25) is 0 Å². The number of amides is 1. The Morgan fingerprint density at radius 2 is 2.09 bits per heavy atom. The summed E-state index contributed by atoms with van der Waals surface area (Å²) >= 11 is 2.09. The summed E-state index contributed by atoms with van der Waals surface area (Å²) < 4.78 is 0.732. The van der Waals surface area contributed by atoms with Crippen LogP contribution in [0.15, 0.2) is 36.4 Å². The molecule has 0 radical (unpaired) electrons. The van der Waals surface area contributed by atoms with E-state index in [2.05, 4.69) is 47.7 Å². The summed E-state index contributed by atoms with van der Waals surface area (Å²) in [4.78, 5) is 14.9. The molecule has 1 N–H and O–H groups in total. The van der Waals surface area contributed by atoms with E-state index in [0.29, 0.717) is 17.7 Å². The molecule has 0 saturated carbocycles. The second-order valence-corrected chi connectivity index (χ2v) is 7.10. The van der Waals surface area contributed by atoms with Gasteiger partial charge in [0.1, 0.15) is 5.75 Å². The lowest BCUT2D eigenvalue weighted by atomic mass is 9.93. The van der Waals surface area contributed by atoms with Gasteiger partial charge in [0.05, 0.1) is 9.61 Å². The van der Waals surface area contributed by atoms with Crippen molar-refractivity contribution in [3.05, 3.63) is 62.2 Å². The lowest BCUT2D eigenvalue weighted by Crippen LogP contribution is -2.38. The summed E-state index contributed by atoms with van der Waals surface area (Å²) in [6.07, 6.45) is 1.60. The van der Waals surface area contributed by atoms with E-state index in [4.69, 9.17) is 0 Å². The average Bonchev–Trinajstić information content (AvgIpc) is 2.57. The van der Waals surface area contributed by atoms with Gasteiger partial charge in [-0.3, -0.25) is 4.79 Å². The molecular weight excluding hydrogens is 401 g/mol. The van der Waals surface area contributed by atoms with Gasteiger partial charge in [-0.15, -0.1) is 0 Å². The van der Waals surface area contributed by atoms with E-state index in [1.807, 2.05) is 24.0 Å². The molecule has 1 atom stereocenters. The smallest absolute Gasteiger partial charge is 0.254 e. The molecule has 1 aliphatic rings. The summed E-state index contributed by atoms with van der Waals surface area (Å²) in [5, 5.41) is 10.1. The number of carbonyl (C=O) groups excluding carboxylic acids is 1. The number of rotatable bonds is 2. The van der Waals surface area contributed by atoms with Crippen LogP contribution in [0.3, 0.4) is 0 Å². The van der Waals surface area contributed by atoms with E-state index >= 15 is 0 Å². The Morgan fingerprint density at radius 3 is 2.83 bits per heavy atom. The molecule has 0 bridgehead atoms. The van der Waals surface area contributed by atoms with Gasteiger partial charge in [0.25, 0.3) is 5.91 Å². The molecule has 1 heterocycles. The second kappa shape index (κ2) is 6.51. The number of hydrogen-bond donors (Lipinski definition) is 1. The fourth-order valence-corrected chi connectivity index (χ4v) is 3.95. The van der Waals surface area contributed by atoms with Crippen molar-refractivity contribution in [2.45, 2.75) is 32.7 Å². The van der Waals surface area contributed by atoms with Crippen molar-refractivity contribution >= 4 is 28.5 Å². The Bertz CT molecular complexity index is 757. The third-order valence-electron chi connectivity index (χ3n) is 4.63. The zero-order chi connectivity index (χ0) is 16.6. The number of nitrogens with zero attached hydrogens (tertiary/aromatic N) is 1. The van der Waals surface area contributed by atoms with Crippen molar-refractivity contribution in [1.29, 1.82) is 0 Å². The van der Waals surface area contributed by atoms with Crippen molar-refractivity contribution < 1.29 is 9.90 Å². The lowest BCUT2D eigenvalue weighted by molar-refractivity contribution is 0.0677. The van der Waals surface area contributed by atoms with Crippen molar-refractivity contribution in [2.75, 3.05) is 6.54 Å². The first-order chi connectivity index (χ1) is 11.0. The minimum atomic E-state index is 0.0413. The number of phenols is 1. The van der Waals surface area contributed by atoms with Crippen molar-refractivity contribution in [2.24, 2.45) is 0 Å². The molecule has 0 spiro atoms. The second-order valence-electron chi connectivity index (χ2n) is 5.94. The first kappa shape index (κ1) is 16.3. The van der Waals surface area contributed by atoms with Crippen LogP contribution in [-0.4, -0.2) is 22.5 Å². The Hall–Kier alpha value is -1.56. The zero-order valence-corrected chi connectivity index (χ0v) is 15.5. The molecule has 0 aliphatic carbocycles. The number of benzene rings is 2. The predicted molar refractivity (Wildman–Crippen MR) is 99.8 cm³/mol. The van der Waals surface area contributed by atoms with Gasteiger partial charge in [-0.1, -0.05) is 31.2 Å². The van der Waals surface area contributed by atoms with Crippen LogP contribution in [-0.2, 0) is 12.8 Å². The zero-order valence-electron chi connectivity index (χ0n) is 13.3. The molecular formula is C19H20INO2. The summed E-state index contributed by atoms with van der Waals surface area (Å²) in [5.41, 5.74) is 4.05. The van der Waals surface area contributed by atoms with Crippen LogP contribution in [0.1, 0.15) is 46.9 Å². The van der Waals surface area contributed by atoms with Gasteiger partial charge < -0.3 is 10.0 Å². The molecule has 4 heteroatoms. The maximum absolute atomic E-state index is 13.0. The molecule has 3 nitrogen and oxygen atoms in total. The van der Waals surface area contributed by atoms with E-state index in [0.717, 1.165) is 22.1 Å². The van der Waals surface area contributed by atoms with Gasteiger partial charge in [-0.25, -0.2) is 0 Å². The molecule has 2 aromatic carbocycles. The van der Waals surface area contributed by atoms with Gasteiger partial charge in [-0.05, 0) is 71.2 Å². The van der Waals surface area contributed by atoms with Gasteiger partial charge >= 0.3 is 0 Å². The fraction of sp³-hybridized carbons (Fsp3) is 0.316. The number of halogens is 1. The minimum absolute atomic E-state index is 0.0413. The fourth-order valence-electron chi connectivity index (χ4n) is 3.26. The standard InChI is InChI=1S/C19H20INO2/c1-3-13-10-15(11-17(20)18(13)22)19(23)21-9-8-14-6-4-5-7-16(14)12(21)2/h4-7,10-12,22H,3,8-9H2,1-2H3. The third kappa shape index (κ3) is 2.96. The highest BCUT2D eigenvalue weighted by Crippen LogP contribution is 2.32. The molecule has 0 aromatic heterocycles. The normalized spacial score (nSPS) is 17.0. The number of aryl methyl sites for hydroxylation is 1. The Labute approximate surface area is 150 Å². The van der Waals surface area contributed by atoms with E-state index < -0.39 is 0 Å². The van der Waals surface area contributed by atoms with Gasteiger partial charge in [0, 0.05) is 12.1 Å². The summed E-state index contributed by atoms with van der Waals surface area (Å²) in [7, 11) is 0. The average molecular weight is 421 g/mol. The van der Waals surface area contributed by atoms with Crippen molar-refractivity contribution in [3.8, 4) is 5.75 Å². The van der Waals surface area contributed by atoms with Gasteiger partial charge in [-0.2, -0.15) is 0 Å². The van der Waals surface area contributed by atoms with E-state index in [1.54, 1.807) is 6.07 Å². The monoisotopic (exact) mass is 421 g/mol. The van der Waals surface area contributed by atoms with Crippen LogP contribution in [0, 0.1) is 3.57 Å². The molecule has 120 valence electrons. The molecule has 0 saturated heterocycles. The SMILES string of the molecule is CCc1cc(C(=O)N2CCc3ccccc3C2C)cc(I)c1O. The van der Waals surface area contributed by atoms with E-state index in [9.17, 15) is 9.90 Å². The molecule has 0 fully saturated rings. The van der Waals surface area contributed by atoms with Gasteiger partial charge in [0.15, 0.2) is 0 Å². The topological polar surface area (TPSA) is 40.5 Å². The number of carbonyl (C=O) groups is 1. The maximum atomic E-state index is 13.0. The van der Waals surface area contributed by atoms with Crippen LogP contribution in [0.4, 0.5) is 0 Å². The van der Waals surface area contributed by atoms with Gasteiger partial charge in [0.2, 0.25) is 0 Å². The number of phenolic OH excluding ortho intramolecular Hbond substituents is 1. The minimum Gasteiger partial charge on any atom is -0.507 e. The highest BCUT2D eigenvalue weighted by Gasteiger charge is 2.28. The van der Waals surface area contributed by atoms with E-state index in [1.165, 1.54) is 11.1 Å². The predicted octanol–water partition coefficient (Wildman–Crippen LogP) is 4.32. The molecule has 23 heavy (non-hydrogen) atoms. The molecule has 1 unspecified atom stereocenters. The molecule has 3 rings (SSSR count). The van der Waals surface area contributed by atoms with Crippen molar-refractivity contribution in [1.82, 2.24) is 4.90 Å².